The van der Waals surface area contributed by atoms with Crippen LogP contribution < -0.4 is 10.1 Å². The zero-order valence-corrected chi connectivity index (χ0v) is 15.5. The zero-order valence-electron chi connectivity index (χ0n) is 15.5. The summed E-state index contributed by atoms with van der Waals surface area (Å²) in [5, 5.41) is 11.8. The maximum absolute atomic E-state index is 12.8. The number of hydrogen-bond donors (Lipinski definition) is 1. The van der Waals surface area contributed by atoms with Crippen LogP contribution in [0.1, 0.15) is 29.5 Å². The van der Waals surface area contributed by atoms with Crippen LogP contribution in [0.3, 0.4) is 0 Å². The first-order chi connectivity index (χ1) is 13.7. The fourth-order valence-electron chi connectivity index (χ4n) is 3.02. The van der Waals surface area contributed by atoms with Gasteiger partial charge in [0.05, 0.1) is 23.3 Å². The molecule has 1 aromatic carbocycles. The highest BCUT2D eigenvalue weighted by atomic mass is 16.5. The van der Waals surface area contributed by atoms with Gasteiger partial charge in [0.2, 0.25) is 0 Å². The summed E-state index contributed by atoms with van der Waals surface area (Å²) in [4.78, 5) is 16.8. The van der Waals surface area contributed by atoms with Crippen molar-refractivity contribution in [3.63, 3.8) is 0 Å². The molecule has 8 nitrogen and oxygen atoms in total. The van der Waals surface area contributed by atoms with Crippen LogP contribution in [0.15, 0.2) is 53.4 Å². The summed E-state index contributed by atoms with van der Waals surface area (Å²) in [6, 6.07) is 9.22. The van der Waals surface area contributed by atoms with Crippen molar-refractivity contribution in [3.05, 3.63) is 60.2 Å². The highest BCUT2D eigenvalue weighted by Crippen LogP contribution is 2.34. The molecule has 0 aliphatic carbocycles. The molecule has 0 saturated heterocycles. The number of pyridine rings is 1. The number of hydrogen-bond acceptors (Lipinski definition) is 6. The van der Waals surface area contributed by atoms with E-state index < -0.39 is 0 Å². The minimum Gasteiger partial charge on any atom is -0.455 e. The maximum atomic E-state index is 12.8. The number of nitrogens with one attached hydrogen (secondary N) is 1. The van der Waals surface area contributed by atoms with Crippen LogP contribution in [0, 0.1) is 0 Å². The first kappa shape index (κ1) is 17.7. The van der Waals surface area contributed by atoms with Crippen LogP contribution >= 0.6 is 0 Å². The van der Waals surface area contributed by atoms with Gasteiger partial charge in [0, 0.05) is 19.7 Å². The van der Waals surface area contributed by atoms with E-state index in [1.807, 2.05) is 38.2 Å². The van der Waals surface area contributed by atoms with Crippen molar-refractivity contribution in [3.8, 4) is 11.5 Å². The molecule has 0 fully saturated rings. The number of amides is 1. The molecule has 0 unspecified atom stereocenters. The van der Waals surface area contributed by atoms with Crippen molar-refractivity contribution in [1.82, 2.24) is 19.9 Å². The monoisotopic (exact) mass is 377 g/mol. The molecule has 3 heterocycles. The van der Waals surface area contributed by atoms with Gasteiger partial charge in [-0.3, -0.25) is 14.5 Å². The lowest BCUT2D eigenvalue weighted by atomic mass is 10.1. The molecule has 1 amide bonds. The number of carbonyl (C=O) groups is 1. The summed E-state index contributed by atoms with van der Waals surface area (Å²) in [5.41, 5.74) is 1.24. The summed E-state index contributed by atoms with van der Waals surface area (Å²) in [6.07, 6.45) is 6.22. The number of aryl methyl sites for hydroxylation is 2. The van der Waals surface area contributed by atoms with Crippen molar-refractivity contribution in [2.45, 2.75) is 19.8 Å². The van der Waals surface area contributed by atoms with Gasteiger partial charge in [-0.1, -0.05) is 18.1 Å². The van der Waals surface area contributed by atoms with Gasteiger partial charge in [-0.25, -0.2) is 0 Å². The standard InChI is InChI=1S/C20H19N5O3/c1-3-6-16-14(12-22-28-16)20(26)23-19-18-15(25(2)24-19)8-4-9-17(18)27-13-7-5-10-21-11-13/h4-5,7-12H,3,6H2,1-2H3,(H,23,24,26). The smallest absolute Gasteiger partial charge is 0.262 e. The van der Waals surface area contributed by atoms with E-state index in [1.54, 1.807) is 23.1 Å². The topological polar surface area (TPSA) is 95.1 Å². The molecule has 0 atom stereocenters. The van der Waals surface area contributed by atoms with Crippen molar-refractivity contribution in [1.29, 1.82) is 0 Å². The van der Waals surface area contributed by atoms with Crippen LogP contribution in [-0.4, -0.2) is 25.8 Å². The Labute approximate surface area is 161 Å². The van der Waals surface area contributed by atoms with E-state index in [0.29, 0.717) is 40.4 Å². The Morgan fingerprint density at radius 2 is 2.14 bits per heavy atom. The van der Waals surface area contributed by atoms with Gasteiger partial charge in [0.15, 0.2) is 5.82 Å². The van der Waals surface area contributed by atoms with E-state index in [-0.39, 0.29) is 5.91 Å². The second-order valence-electron chi connectivity index (χ2n) is 6.28. The predicted molar refractivity (Wildman–Crippen MR) is 103 cm³/mol. The van der Waals surface area contributed by atoms with Crippen LogP contribution in [0.2, 0.25) is 0 Å². The van der Waals surface area contributed by atoms with Crippen LogP contribution in [0.25, 0.3) is 10.9 Å². The summed E-state index contributed by atoms with van der Waals surface area (Å²) >= 11 is 0. The zero-order chi connectivity index (χ0) is 19.5. The normalized spacial score (nSPS) is 10.9. The first-order valence-corrected chi connectivity index (χ1v) is 8.96. The van der Waals surface area contributed by atoms with E-state index in [2.05, 4.69) is 20.6 Å². The minimum absolute atomic E-state index is 0.319. The van der Waals surface area contributed by atoms with Gasteiger partial charge >= 0.3 is 0 Å². The third-order valence-electron chi connectivity index (χ3n) is 4.30. The number of fused-ring (bicyclic) bond motifs is 1. The predicted octanol–water partition coefficient (Wildman–Crippen LogP) is 3.95. The Kier molecular flexibility index (Phi) is 4.76. The van der Waals surface area contributed by atoms with Gasteiger partial charge in [-0.2, -0.15) is 5.10 Å². The molecule has 1 N–H and O–H groups in total. The van der Waals surface area contributed by atoms with E-state index in [4.69, 9.17) is 9.26 Å². The first-order valence-electron chi connectivity index (χ1n) is 8.96. The number of benzene rings is 1. The lowest BCUT2D eigenvalue weighted by molar-refractivity contribution is 0.102. The second kappa shape index (κ2) is 7.51. The Bertz CT molecular complexity index is 1120. The lowest BCUT2D eigenvalue weighted by Crippen LogP contribution is -2.14. The van der Waals surface area contributed by atoms with E-state index in [1.165, 1.54) is 6.20 Å². The molecule has 8 heteroatoms. The summed E-state index contributed by atoms with van der Waals surface area (Å²) in [6.45, 7) is 2.01. The van der Waals surface area contributed by atoms with E-state index >= 15 is 0 Å². The molecule has 142 valence electrons. The summed E-state index contributed by atoms with van der Waals surface area (Å²) < 4.78 is 12.9. The van der Waals surface area contributed by atoms with Gasteiger partial charge in [0.25, 0.3) is 5.91 Å². The quantitative estimate of drug-likeness (QED) is 0.547. The Morgan fingerprint density at radius 3 is 2.93 bits per heavy atom. The molecule has 0 spiro atoms. The van der Waals surface area contributed by atoms with Crippen LogP contribution in [0.4, 0.5) is 5.82 Å². The lowest BCUT2D eigenvalue weighted by Gasteiger charge is -2.08. The van der Waals surface area contributed by atoms with E-state index in [0.717, 1.165) is 11.9 Å². The molecular formula is C20H19N5O3. The Balaban J connectivity index is 1.71. The molecular weight excluding hydrogens is 358 g/mol. The largest absolute Gasteiger partial charge is 0.455 e. The molecule has 0 aliphatic heterocycles. The number of carbonyl (C=O) groups excluding carboxylic acids is 1. The SMILES string of the molecule is CCCc1oncc1C(=O)Nc1nn(C)c2cccc(Oc3cccnc3)c12. The maximum Gasteiger partial charge on any atom is 0.262 e. The number of aromatic nitrogens is 4. The number of anilines is 1. The molecule has 28 heavy (non-hydrogen) atoms. The fraction of sp³-hybridized carbons (Fsp3) is 0.200. The van der Waals surface area contributed by atoms with Crippen LogP contribution in [0.5, 0.6) is 11.5 Å². The number of nitrogens with zero attached hydrogens (tertiary/aromatic N) is 4. The molecule has 3 aromatic heterocycles. The average Bonchev–Trinajstić information content (AvgIpc) is 3.28. The molecule has 0 saturated carbocycles. The molecule has 4 rings (SSSR count). The highest BCUT2D eigenvalue weighted by molar-refractivity contribution is 6.09. The van der Waals surface area contributed by atoms with Gasteiger partial charge in [0.1, 0.15) is 22.8 Å². The molecule has 4 aromatic rings. The highest BCUT2D eigenvalue weighted by Gasteiger charge is 2.20. The summed E-state index contributed by atoms with van der Waals surface area (Å²) in [5.74, 6) is 1.83. The van der Waals surface area contributed by atoms with Crippen molar-refractivity contribution >= 4 is 22.6 Å². The molecule has 0 bridgehead atoms. The van der Waals surface area contributed by atoms with Crippen molar-refractivity contribution < 1.29 is 14.1 Å². The van der Waals surface area contributed by atoms with Crippen LogP contribution in [-0.2, 0) is 13.5 Å². The average molecular weight is 377 g/mol. The Morgan fingerprint density at radius 1 is 1.25 bits per heavy atom. The van der Waals surface area contributed by atoms with Crippen molar-refractivity contribution in [2.75, 3.05) is 5.32 Å². The second-order valence-corrected chi connectivity index (χ2v) is 6.28. The number of rotatable bonds is 6. The minimum atomic E-state index is -0.319. The molecule has 0 radical (unpaired) electrons. The fourth-order valence-corrected chi connectivity index (χ4v) is 3.02. The number of ether oxygens (including phenoxy) is 1. The third kappa shape index (κ3) is 3.32. The van der Waals surface area contributed by atoms with Crippen molar-refractivity contribution in [2.24, 2.45) is 7.05 Å². The third-order valence-corrected chi connectivity index (χ3v) is 4.30. The van der Waals surface area contributed by atoms with E-state index in [9.17, 15) is 4.79 Å². The Hall–Kier alpha value is -3.68. The van der Waals surface area contributed by atoms with Gasteiger partial charge in [-0.15, -0.1) is 0 Å². The van der Waals surface area contributed by atoms with Gasteiger partial charge < -0.3 is 14.6 Å². The van der Waals surface area contributed by atoms with Gasteiger partial charge in [-0.05, 0) is 30.7 Å². The molecule has 0 aliphatic rings. The summed E-state index contributed by atoms with van der Waals surface area (Å²) in [7, 11) is 1.81.